The van der Waals surface area contributed by atoms with E-state index in [2.05, 4.69) is 4.98 Å². The number of aromatic nitrogens is 2. The molecule has 2 aliphatic heterocycles. The van der Waals surface area contributed by atoms with Crippen molar-refractivity contribution in [2.45, 2.75) is 97.6 Å². The monoisotopic (exact) mass is 484 g/mol. The summed E-state index contributed by atoms with van der Waals surface area (Å²) in [6, 6.07) is 6.04. The van der Waals surface area contributed by atoms with E-state index in [1.54, 1.807) is 6.92 Å². The van der Waals surface area contributed by atoms with Crippen molar-refractivity contribution in [2.75, 3.05) is 0 Å². The van der Waals surface area contributed by atoms with Gasteiger partial charge in [-0.15, -0.1) is 0 Å². The first-order valence-electron chi connectivity index (χ1n) is 13.0. The SMILES string of the molecule is Cc1nc2cc([C@@H]3C[C@@H]4O[C@@H]4CCC[C@H](C)C(O)[C@@H](C)C(=O)C(C)(C)CCC(=O)O3)ccc2n1C. The van der Waals surface area contributed by atoms with Crippen molar-refractivity contribution < 1.29 is 24.2 Å². The van der Waals surface area contributed by atoms with Crippen molar-refractivity contribution in [3.63, 3.8) is 0 Å². The topological polar surface area (TPSA) is 94.0 Å². The van der Waals surface area contributed by atoms with Crippen LogP contribution >= 0.6 is 0 Å². The summed E-state index contributed by atoms with van der Waals surface area (Å²) >= 11 is 0. The van der Waals surface area contributed by atoms with Crippen molar-refractivity contribution in [1.29, 1.82) is 0 Å². The molecule has 0 spiro atoms. The van der Waals surface area contributed by atoms with Crippen LogP contribution in [0.25, 0.3) is 11.0 Å². The van der Waals surface area contributed by atoms with Crippen LogP contribution in [0, 0.1) is 24.2 Å². The van der Waals surface area contributed by atoms with E-state index in [0.29, 0.717) is 12.8 Å². The molecule has 2 aromatic rings. The van der Waals surface area contributed by atoms with Crippen molar-refractivity contribution in [1.82, 2.24) is 9.55 Å². The van der Waals surface area contributed by atoms with Gasteiger partial charge in [0.25, 0.3) is 0 Å². The molecule has 3 heterocycles. The minimum Gasteiger partial charge on any atom is -0.457 e. The van der Waals surface area contributed by atoms with Crippen LogP contribution in [0.5, 0.6) is 0 Å². The molecule has 1 aromatic heterocycles. The largest absolute Gasteiger partial charge is 0.457 e. The number of aryl methyl sites for hydroxylation is 2. The standard InChI is InChI=1S/C28H40N2O5/c1-16-8-7-9-22-24(34-22)15-23(19-10-11-21-20(14-19)29-18(3)30(21)6)35-25(31)12-13-28(4,5)27(33)17(2)26(16)32/h10-11,14,16-17,22-24,26,32H,7-9,12-13,15H2,1-6H3/t16-,17+,22+,23-,24-,26?/m0/s1. The molecule has 192 valence electrons. The Bertz CT molecular complexity index is 1090. The van der Waals surface area contributed by atoms with Crippen LogP contribution in [-0.4, -0.2) is 44.7 Å². The van der Waals surface area contributed by atoms with Gasteiger partial charge in [-0.25, -0.2) is 4.98 Å². The molecule has 2 fully saturated rings. The number of aliphatic hydroxyl groups excluding tert-OH is 1. The molecule has 2 saturated heterocycles. The van der Waals surface area contributed by atoms with Gasteiger partial charge < -0.3 is 19.1 Å². The summed E-state index contributed by atoms with van der Waals surface area (Å²) < 4.78 is 14.0. The van der Waals surface area contributed by atoms with Gasteiger partial charge >= 0.3 is 5.97 Å². The molecule has 35 heavy (non-hydrogen) atoms. The highest BCUT2D eigenvalue weighted by molar-refractivity contribution is 5.87. The Morgan fingerprint density at radius 2 is 1.89 bits per heavy atom. The minimum absolute atomic E-state index is 0.00476. The van der Waals surface area contributed by atoms with Crippen molar-refractivity contribution in [2.24, 2.45) is 24.3 Å². The number of imidazole rings is 1. The van der Waals surface area contributed by atoms with Crippen LogP contribution in [0.2, 0.25) is 0 Å². The number of cyclic esters (lactones) is 1. The molecule has 7 nitrogen and oxygen atoms in total. The van der Waals surface area contributed by atoms with Gasteiger partial charge in [-0.1, -0.05) is 40.2 Å². The Morgan fingerprint density at radius 3 is 2.63 bits per heavy atom. The van der Waals surface area contributed by atoms with Crippen LogP contribution in [0.1, 0.15) is 83.7 Å². The molecule has 0 amide bonds. The van der Waals surface area contributed by atoms with Crippen LogP contribution in [-0.2, 0) is 26.1 Å². The van der Waals surface area contributed by atoms with E-state index in [4.69, 9.17) is 9.47 Å². The van der Waals surface area contributed by atoms with Crippen molar-refractivity contribution in [3.8, 4) is 0 Å². The highest BCUT2D eigenvalue weighted by Gasteiger charge is 2.42. The first-order valence-corrected chi connectivity index (χ1v) is 13.0. The van der Waals surface area contributed by atoms with E-state index in [1.807, 2.05) is 57.5 Å². The summed E-state index contributed by atoms with van der Waals surface area (Å²) in [4.78, 5) is 30.8. The number of ether oxygens (including phenoxy) is 2. The summed E-state index contributed by atoms with van der Waals surface area (Å²) in [5, 5.41) is 10.8. The fourth-order valence-corrected chi connectivity index (χ4v) is 5.47. The first-order chi connectivity index (χ1) is 16.5. The molecule has 0 bridgehead atoms. The molecular weight excluding hydrogens is 444 g/mol. The lowest BCUT2D eigenvalue weighted by molar-refractivity contribution is -0.151. The number of esters is 1. The normalized spacial score (nSPS) is 32.8. The second kappa shape index (κ2) is 10.0. The van der Waals surface area contributed by atoms with Gasteiger partial charge in [0.2, 0.25) is 0 Å². The van der Waals surface area contributed by atoms with Crippen LogP contribution in [0.4, 0.5) is 0 Å². The predicted octanol–water partition coefficient (Wildman–Crippen LogP) is 4.82. The van der Waals surface area contributed by atoms with E-state index in [-0.39, 0.29) is 36.3 Å². The van der Waals surface area contributed by atoms with Gasteiger partial charge in [0.15, 0.2) is 0 Å². The fourth-order valence-electron chi connectivity index (χ4n) is 5.47. The number of fused-ring (bicyclic) bond motifs is 2. The number of aliphatic hydroxyl groups is 1. The smallest absolute Gasteiger partial charge is 0.306 e. The zero-order valence-corrected chi connectivity index (χ0v) is 21.9. The van der Waals surface area contributed by atoms with E-state index >= 15 is 0 Å². The molecule has 0 radical (unpaired) electrons. The Morgan fingerprint density at radius 1 is 1.14 bits per heavy atom. The summed E-state index contributed by atoms with van der Waals surface area (Å²) in [6.45, 7) is 9.50. The second-order valence-corrected chi connectivity index (χ2v) is 11.3. The number of Topliss-reactive ketones (excluding diaryl/α,β-unsaturated/α-hetero) is 1. The van der Waals surface area contributed by atoms with Gasteiger partial charge in [-0.3, -0.25) is 9.59 Å². The van der Waals surface area contributed by atoms with Gasteiger partial charge in [-0.05, 0) is 49.8 Å². The van der Waals surface area contributed by atoms with Gasteiger partial charge in [0.1, 0.15) is 17.7 Å². The maximum Gasteiger partial charge on any atom is 0.306 e. The summed E-state index contributed by atoms with van der Waals surface area (Å²) in [5.41, 5.74) is 2.12. The highest BCUT2D eigenvalue weighted by atomic mass is 16.6. The number of rotatable bonds is 1. The summed E-state index contributed by atoms with van der Waals surface area (Å²) in [7, 11) is 1.99. The number of ketones is 1. The van der Waals surface area contributed by atoms with E-state index in [1.165, 1.54) is 0 Å². The predicted molar refractivity (Wildman–Crippen MR) is 134 cm³/mol. The molecule has 4 rings (SSSR count). The number of carbonyl (C=O) groups is 2. The number of hydrogen-bond acceptors (Lipinski definition) is 6. The number of benzene rings is 1. The maximum absolute atomic E-state index is 13.2. The molecule has 1 N–H and O–H groups in total. The lowest BCUT2D eigenvalue weighted by atomic mass is 9.74. The highest BCUT2D eigenvalue weighted by Crippen LogP contribution is 2.39. The molecular formula is C28H40N2O5. The third-order valence-corrected chi connectivity index (χ3v) is 8.19. The third kappa shape index (κ3) is 5.61. The lowest BCUT2D eigenvalue weighted by Gasteiger charge is -2.31. The van der Waals surface area contributed by atoms with Crippen molar-refractivity contribution in [3.05, 3.63) is 29.6 Å². The second-order valence-electron chi connectivity index (χ2n) is 11.3. The van der Waals surface area contributed by atoms with Crippen LogP contribution in [0.15, 0.2) is 18.2 Å². The number of epoxide rings is 1. The zero-order valence-electron chi connectivity index (χ0n) is 21.9. The Hall–Kier alpha value is -2.25. The fraction of sp³-hybridized carbons (Fsp3) is 0.679. The van der Waals surface area contributed by atoms with Crippen LogP contribution in [0.3, 0.4) is 0 Å². The van der Waals surface area contributed by atoms with E-state index in [0.717, 1.165) is 41.7 Å². The number of nitrogens with zero attached hydrogens (tertiary/aromatic N) is 2. The zero-order chi connectivity index (χ0) is 25.5. The van der Waals surface area contributed by atoms with Gasteiger partial charge in [-0.2, -0.15) is 0 Å². The Balaban J connectivity index is 1.56. The van der Waals surface area contributed by atoms with Gasteiger partial charge in [0.05, 0.1) is 29.3 Å². The molecule has 7 heteroatoms. The van der Waals surface area contributed by atoms with Crippen LogP contribution < -0.4 is 0 Å². The first kappa shape index (κ1) is 25.8. The summed E-state index contributed by atoms with van der Waals surface area (Å²) in [5.74, 6) is 0.156. The third-order valence-electron chi connectivity index (χ3n) is 8.19. The average molecular weight is 485 g/mol. The Kier molecular flexibility index (Phi) is 7.39. The molecule has 1 aromatic carbocycles. The maximum atomic E-state index is 13.2. The Labute approximate surface area is 208 Å². The summed E-state index contributed by atoms with van der Waals surface area (Å²) in [6.07, 6.45) is 2.89. The number of carbonyl (C=O) groups excluding carboxylic acids is 2. The van der Waals surface area contributed by atoms with E-state index in [9.17, 15) is 14.7 Å². The average Bonchev–Trinajstić information content (AvgIpc) is 3.50. The molecule has 2 aliphatic rings. The molecule has 0 aliphatic carbocycles. The molecule has 6 atom stereocenters. The lowest BCUT2D eigenvalue weighted by Crippen LogP contribution is -2.39. The number of hydrogen-bond donors (Lipinski definition) is 1. The van der Waals surface area contributed by atoms with Gasteiger partial charge in [0, 0.05) is 31.2 Å². The quantitative estimate of drug-likeness (QED) is 0.461. The van der Waals surface area contributed by atoms with Crippen molar-refractivity contribution >= 4 is 22.8 Å². The molecule has 1 unspecified atom stereocenters. The van der Waals surface area contributed by atoms with E-state index < -0.39 is 23.5 Å². The molecule has 0 saturated carbocycles. The minimum atomic E-state index is -0.721.